The maximum atomic E-state index is 13.8. The third-order valence-electron chi connectivity index (χ3n) is 6.18. The number of Topliss-reactive ketones (excluding diaryl/α,β-unsaturated/α-hetero) is 2. The summed E-state index contributed by atoms with van der Waals surface area (Å²) in [5.74, 6) is -1.42. The molecule has 0 aliphatic heterocycles. The van der Waals surface area contributed by atoms with E-state index in [0.717, 1.165) is 5.56 Å². The summed E-state index contributed by atoms with van der Waals surface area (Å²) in [6.45, 7) is 5.32. The topological polar surface area (TPSA) is 83.5 Å². The molecule has 172 valence electrons. The second-order valence-electron chi connectivity index (χ2n) is 8.39. The monoisotopic (exact) mass is 449 g/mol. The van der Waals surface area contributed by atoms with Crippen molar-refractivity contribution in [3.8, 4) is 5.75 Å². The molecule has 33 heavy (non-hydrogen) atoms. The van der Waals surface area contributed by atoms with E-state index < -0.39 is 0 Å². The molecule has 2 N–H and O–H groups in total. The number of phenols is 1. The summed E-state index contributed by atoms with van der Waals surface area (Å²) < 4.78 is 13.8. The van der Waals surface area contributed by atoms with Crippen LogP contribution in [0, 0.1) is 11.7 Å². The number of carbonyl (C=O) groups is 3. The van der Waals surface area contributed by atoms with Crippen molar-refractivity contribution in [3.05, 3.63) is 87.8 Å². The quantitative estimate of drug-likeness (QED) is 0.452. The maximum Gasteiger partial charge on any atom is 0.255 e. The van der Waals surface area contributed by atoms with Gasteiger partial charge in [-0.3, -0.25) is 14.4 Å². The van der Waals surface area contributed by atoms with Crippen LogP contribution in [-0.4, -0.2) is 29.1 Å². The van der Waals surface area contributed by atoms with Crippen LogP contribution >= 0.6 is 0 Å². The molecule has 2 aromatic carbocycles. The zero-order valence-electron chi connectivity index (χ0n) is 19.1. The lowest BCUT2D eigenvalue weighted by Gasteiger charge is -2.26. The van der Waals surface area contributed by atoms with Gasteiger partial charge in [0.2, 0.25) is 0 Å². The van der Waals surface area contributed by atoms with Gasteiger partial charge in [-0.1, -0.05) is 24.3 Å². The van der Waals surface area contributed by atoms with E-state index in [4.69, 9.17) is 0 Å². The molecule has 1 aliphatic carbocycles. The van der Waals surface area contributed by atoms with Gasteiger partial charge < -0.3 is 10.4 Å². The van der Waals surface area contributed by atoms with Crippen molar-refractivity contribution in [2.45, 2.75) is 40.0 Å². The molecule has 1 unspecified atom stereocenters. The molecule has 0 fully saturated rings. The molecule has 1 aliphatic rings. The second kappa shape index (κ2) is 10.4. The van der Waals surface area contributed by atoms with Crippen LogP contribution in [0.5, 0.6) is 5.75 Å². The molecular formula is C27H28FNO4. The largest absolute Gasteiger partial charge is 0.507 e. The molecule has 0 radical (unpaired) electrons. The lowest BCUT2D eigenvalue weighted by atomic mass is 9.76. The zero-order chi connectivity index (χ0) is 24.1. The zero-order valence-corrected chi connectivity index (χ0v) is 19.1. The number of para-hydroxylation sites is 1. The molecule has 2 aromatic rings. The van der Waals surface area contributed by atoms with Crippen molar-refractivity contribution in [2.75, 3.05) is 6.54 Å². The minimum absolute atomic E-state index is 0.0938. The third-order valence-corrected chi connectivity index (χ3v) is 6.18. The van der Waals surface area contributed by atoms with Crippen LogP contribution in [0.1, 0.15) is 49.5 Å². The predicted octanol–water partition coefficient (Wildman–Crippen LogP) is 4.70. The van der Waals surface area contributed by atoms with Crippen molar-refractivity contribution in [1.29, 1.82) is 0 Å². The number of carbonyl (C=O) groups excluding carboxylic acids is 3. The number of halogens is 1. The van der Waals surface area contributed by atoms with Gasteiger partial charge in [0.1, 0.15) is 11.6 Å². The summed E-state index contributed by atoms with van der Waals surface area (Å²) >= 11 is 0. The van der Waals surface area contributed by atoms with E-state index in [9.17, 15) is 23.9 Å². The number of ketones is 2. The normalized spacial score (nSPS) is 15.2. The van der Waals surface area contributed by atoms with E-state index in [-0.39, 0.29) is 40.5 Å². The highest BCUT2D eigenvalue weighted by molar-refractivity contribution is 6.24. The number of nitrogens with one attached hydrogen (secondary N) is 1. The van der Waals surface area contributed by atoms with Crippen molar-refractivity contribution in [2.24, 2.45) is 5.92 Å². The van der Waals surface area contributed by atoms with Crippen molar-refractivity contribution in [1.82, 2.24) is 5.32 Å². The van der Waals surface area contributed by atoms with Crippen LogP contribution in [0.15, 0.2) is 70.8 Å². The van der Waals surface area contributed by atoms with Crippen LogP contribution in [0.2, 0.25) is 0 Å². The fraction of sp³-hybridized carbons (Fsp3) is 0.296. The smallest absolute Gasteiger partial charge is 0.255 e. The first-order chi connectivity index (χ1) is 15.7. The highest BCUT2D eigenvalue weighted by atomic mass is 19.1. The third kappa shape index (κ3) is 5.45. The first-order valence-electron chi connectivity index (χ1n) is 11.0. The predicted molar refractivity (Wildman–Crippen MR) is 124 cm³/mol. The van der Waals surface area contributed by atoms with Gasteiger partial charge in [0.25, 0.3) is 5.91 Å². The lowest BCUT2D eigenvalue weighted by molar-refractivity contribution is -0.116. The summed E-state index contributed by atoms with van der Waals surface area (Å²) in [5, 5.41) is 12.6. The summed E-state index contributed by atoms with van der Waals surface area (Å²) in [6, 6.07) is 12.5. The Bertz CT molecular complexity index is 1160. The maximum absolute atomic E-state index is 13.8. The second-order valence-corrected chi connectivity index (χ2v) is 8.39. The molecule has 1 amide bonds. The fourth-order valence-electron chi connectivity index (χ4n) is 4.22. The Morgan fingerprint density at radius 1 is 0.970 bits per heavy atom. The number of hydrogen-bond acceptors (Lipinski definition) is 4. The number of hydrogen-bond donors (Lipinski definition) is 2. The molecule has 5 nitrogen and oxygen atoms in total. The van der Waals surface area contributed by atoms with E-state index in [1.54, 1.807) is 45.0 Å². The standard InChI is InChI=1S/C27H28FNO4/c1-16-17(2)26(32)24(18(3)25(16)31)20(14-19-8-6-10-21(28)15-19)9-7-13-29-27(33)22-11-4-5-12-23(22)30/h4-6,8,10-12,15,20,30H,7,9,13-14H2,1-3H3,(H,29,33). The number of amides is 1. The van der Waals surface area contributed by atoms with E-state index in [1.807, 2.05) is 0 Å². The highest BCUT2D eigenvalue weighted by Gasteiger charge is 2.32. The summed E-state index contributed by atoms with van der Waals surface area (Å²) in [7, 11) is 0. The van der Waals surface area contributed by atoms with E-state index >= 15 is 0 Å². The molecule has 3 rings (SSSR count). The van der Waals surface area contributed by atoms with Gasteiger partial charge >= 0.3 is 0 Å². The average Bonchev–Trinajstić information content (AvgIpc) is 2.79. The van der Waals surface area contributed by atoms with Crippen molar-refractivity contribution < 1.29 is 23.9 Å². The van der Waals surface area contributed by atoms with E-state index in [2.05, 4.69) is 5.32 Å². The molecular weight excluding hydrogens is 421 g/mol. The molecule has 0 saturated heterocycles. The minimum atomic E-state index is -0.386. The number of allylic oxidation sites excluding steroid dienone is 4. The van der Waals surface area contributed by atoms with Gasteiger partial charge in [-0.05, 0) is 75.8 Å². The van der Waals surface area contributed by atoms with E-state index in [1.165, 1.54) is 24.3 Å². The van der Waals surface area contributed by atoms with Gasteiger partial charge in [-0.2, -0.15) is 0 Å². The number of benzene rings is 2. The summed E-state index contributed by atoms with van der Waals surface area (Å²) in [5.41, 5.74) is 2.74. The first-order valence-corrected chi connectivity index (χ1v) is 11.0. The molecule has 0 bridgehead atoms. The number of rotatable bonds is 8. The Kier molecular flexibility index (Phi) is 7.59. The molecule has 0 aromatic heterocycles. The summed E-state index contributed by atoms with van der Waals surface area (Å²) in [4.78, 5) is 38.2. The molecule has 0 heterocycles. The van der Waals surface area contributed by atoms with Gasteiger partial charge in [0.15, 0.2) is 11.6 Å². The minimum Gasteiger partial charge on any atom is -0.507 e. The van der Waals surface area contributed by atoms with Crippen molar-refractivity contribution in [3.63, 3.8) is 0 Å². The Hall–Kier alpha value is -3.54. The molecule has 6 heteroatoms. The lowest BCUT2D eigenvalue weighted by Crippen LogP contribution is -2.28. The Balaban J connectivity index is 1.77. The van der Waals surface area contributed by atoms with Gasteiger partial charge in [0.05, 0.1) is 5.56 Å². The van der Waals surface area contributed by atoms with Gasteiger partial charge in [-0.15, -0.1) is 0 Å². The Labute approximate surface area is 193 Å². The van der Waals surface area contributed by atoms with E-state index in [0.29, 0.717) is 48.1 Å². The number of phenolic OH excluding ortho intramolecular Hbond substituents is 1. The van der Waals surface area contributed by atoms with Crippen molar-refractivity contribution >= 4 is 17.5 Å². The molecule has 0 saturated carbocycles. The van der Waals surface area contributed by atoms with Gasteiger partial charge in [0, 0.05) is 28.8 Å². The van der Waals surface area contributed by atoms with Crippen LogP contribution in [-0.2, 0) is 16.0 Å². The van der Waals surface area contributed by atoms with Gasteiger partial charge in [-0.25, -0.2) is 4.39 Å². The Morgan fingerprint density at radius 3 is 2.36 bits per heavy atom. The van der Waals surface area contributed by atoms with Crippen LogP contribution < -0.4 is 5.32 Å². The molecule has 0 spiro atoms. The first kappa shape index (κ1) is 24.1. The summed E-state index contributed by atoms with van der Waals surface area (Å²) in [6.07, 6.45) is 1.47. The number of aromatic hydroxyl groups is 1. The fourth-order valence-corrected chi connectivity index (χ4v) is 4.22. The molecule has 1 atom stereocenters. The average molecular weight is 450 g/mol. The van der Waals surface area contributed by atoms with Crippen LogP contribution in [0.3, 0.4) is 0 Å². The highest BCUT2D eigenvalue weighted by Crippen LogP contribution is 2.33. The van der Waals surface area contributed by atoms with Crippen LogP contribution in [0.25, 0.3) is 0 Å². The van der Waals surface area contributed by atoms with Crippen LogP contribution in [0.4, 0.5) is 4.39 Å². The SMILES string of the molecule is CC1=C(C)C(=O)C(C(CCCNC(=O)c2ccccc2O)Cc2cccc(F)c2)=C(C)C1=O. The Morgan fingerprint density at radius 2 is 1.67 bits per heavy atom.